The fourth-order valence-corrected chi connectivity index (χ4v) is 2.08. The summed E-state index contributed by atoms with van der Waals surface area (Å²) in [6.07, 6.45) is 3.68. The molecule has 1 rings (SSSR count). The zero-order valence-electron chi connectivity index (χ0n) is 12.1. The number of hydrogen-bond acceptors (Lipinski definition) is 4. The monoisotopic (exact) mass is 282 g/mol. The molecule has 1 aromatic rings. The van der Waals surface area contributed by atoms with Crippen molar-refractivity contribution >= 4 is 11.9 Å². The van der Waals surface area contributed by atoms with E-state index in [1.165, 1.54) is 17.3 Å². The van der Waals surface area contributed by atoms with Crippen molar-refractivity contribution in [3.05, 3.63) is 12.7 Å². The number of carbonyl (C=O) groups is 2. The molecule has 0 saturated carbocycles. The molecule has 0 radical (unpaired) electrons. The summed E-state index contributed by atoms with van der Waals surface area (Å²) in [5.41, 5.74) is 0. The van der Waals surface area contributed by atoms with Crippen LogP contribution in [-0.4, -0.2) is 38.3 Å². The van der Waals surface area contributed by atoms with Gasteiger partial charge in [0.1, 0.15) is 18.7 Å². The van der Waals surface area contributed by atoms with Gasteiger partial charge in [-0.3, -0.25) is 9.59 Å². The van der Waals surface area contributed by atoms with Crippen LogP contribution in [0, 0.1) is 11.8 Å². The van der Waals surface area contributed by atoms with Gasteiger partial charge in [0.2, 0.25) is 5.91 Å². The maximum absolute atomic E-state index is 12.0. The Balaban J connectivity index is 2.49. The van der Waals surface area contributed by atoms with Gasteiger partial charge in [0.25, 0.3) is 0 Å². The van der Waals surface area contributed by atoms with Crippen molar-refractivity contribution in [2.75, 3.05) is 6.54 Å². The lowest BCUT2D eigenvalue weighted by Crippen LogP contribution is -2.35. The van der Waals surface area contributed by atoms with Gasteiger partial charge in [-0.05, 0) is 25.2 Å². The number of amides is 1. The normalized spacial score (nSPS) is 14.0. The van der Waals surface area contributed by atoms with E-state index < -0.39 is 12.0 Å². The number of hydrogen-bond donors (Lipinski definition) is 2. The minimum atomic E-state index is -0.839. The van der Waals surface area contributed by atoms with E-state index in [1.54, 1.807) is 6.92 Å². The van der Waals surface area contributed by atoms with Crippen molar-refractivity contribution < 1.29 is 14.7 Å². The van der Waals surface area contributed by atoms with E-state index in [0.29, 0.717) is 12.5 Å². The highest BCUT2D eigenvalue weighted by Gasteiger charge is 2.19. The number of nitrogens with one attached hydrogen (secondary N) is 1. The highest BCUT2D eigenvalue weighted by atomic mass is 16.4. The Morgan fingerprint density at radius 1 is 1.35 bits per heavy atom. The summed E-state index contributed by atoms with van der Waals surface area (Å²) in [6.45, 7) is 6.16. The maximum atomic E-state index is 12.0. The minimum Gasteiger partial charge on any atom is -0.481 e. The second-order valence-corrected chi connectivity index (χ2v) is 5.39. The van der Waals surface area contributed by atoms with Crippen LogP contribution in [0.2, 0.25) is 0 Å². The molecule has 1 unspecified atom stereocenters. The summed E-state index contributed by atoms with van der Waals surface area (Å²) in [6, 6.07) is -0.456. The quantitative estimate of drug-likeness (QED) is 0.744. The first-order valence-corrected chi connectivity index (χ1v) is 6.73. The van der Waals surface area contributed by atoms with Gasteiger partial charge in [-0.15, -0.1) is 0 Å². The van der Waals surface area contributed by atoms with E-state index >= 15 is 0 Å². The van der Waals surface area contributed by atoms with Gasteiger partial charge < -0.3 is 10.4 Å². The zero-order valence-corrected chi connectivity index (χ0v) is 12.1. The lowest BCUT2D eigenvalue weighted by Gasteiger charge is -2.19. The first-order valence-electron chi connectivity index (χ1n) is 6.73. The molecule has 1 aromatic heterocycles. The van der Waals surface area contributed by atoms with Gasteiger partial charge in [-0.2, -0.15) is 5.10 Å². The molecule has 7 heteroatoms. The smallest absolute Gasteiger partial charge is 0.303 e. The molecule has 0 aliphatic carbocycles. The molecule has 2 N–H and O–H groups in total. The number of nitrogens with zero attached hydrogens (tertiary/aromatic N) is 3. The molecule has 0 aromatic carbocycles. The van der Waals surface area contributed by atoms with E-state index in [9.17, 15) is 9.59 Å². The summed E-state index contributed by atoms with van der Waals surface area (Å²) in [4.78, 5) is 26.6. The summed E-state index contributed by atoms with van der Waals surface area (Å²) in [5.74, 6) is -0.688. The fourth-order valence-electron chi connectivity index (χ4n) is 2.08. The number of carbonyl (C=O) groups excluding carboxylic acids is 1. The lowest BCUT2D eigenvalue weighted by molar-refractivity contribution is -0.138. The predicted molar refractivity (Wildman–Crippen MR) is 72.9 cm³/mol. The van der Waals surface area contributed by atoms with Crippen LogP contribution < -0.4 is 5.32 Å². The van der Waals surface area contributed by atoms with Crippen molar-refractivity contribution in [2.45, 2.75) is 39.7 Å². The van der Waals surface area contributed by atoms with Crippen LogP contribution in [-0.2, 0) is 9.59 Å². The van der Waals surface area contributed by atoms with Gasteiger partial charge in [0.15, 0.2) is 0 Å². The summed E-state index contributed by atoms with van der Waals surface area (Å²) in [7, 11) is 0. The summed E-state index contributed by atoms with van der Waals surface area (Å²) >= 11 is 0. The second-order valence-electron chi connectivity index (χ2n) is 5.39. The van der Waals surface area contributed by atoms with Crippen LogP contribution in [0.15, 0.2) is 12.7 Å². The molecule has 7 nitrogen and oxygen atoms in total. The summed E-state index contributed by atoms with van der Waals surface area (Å²) < 4.78 is 1.46. The van der Waals surface area contributed by atoms with E-state index in [2.05, 4.69) is 15.4 Å². The van der Waals surface area contributed by atoms with Gasteiger partial charge >= 0.3 is 5.97 Å². The predicted octanol–water partition coefficient (Wildman–Crippen LogP) is 1.09. The van der Waals surface area contributed by atoms with Crippen LogP contribution >= 0.6 is 0 Å². The zero-order chi connectivity index (χ0) is 15.1. The molecule has 112 valence electrons. The SMILES string of the molecule is CC(C)C[C@H](CNC(=O)C(C)n1cncn1)CC(=O)O. The third kappa shape index (κ3) is 5.38. The average molecular weight is 282 g/mol. The molecule has 0 bridgehead atoms. The average Bonchev–Trinajstić information content (AvgIpc) is 2.87. The van der Waals surface area contributed by atoms with Crippen molar-refractivity contribution in [3.8, 4) is 0 Å². The Bertz CT molecular complexity index is 431. The molecule has 0 fully saturated rings. The fraction of sp³-hybridized carbons (Fsp3) is 0.692. The van der Waals surface area contributed by atoms with Crippen molar-refractivity contribution in [2.24, 2.45) is 11.8 Å². The van der Waals surface area contributed by atoms with Gasteiger partial charge in [-0.25, -0.2) is 9.67 Å². The van der Waals surface area contributed by atoms with Crippen molar-refractivity contribution in [1.29, 1.82) is 0 Å². The molecule has 2 atom stereocenters. The molecular formula is C13H22N4O3. The van der Waals surface area contributed by atoms with Crippen molar-refractivity contribution in [1.82, 2.24) is 20.1 Å². The highest BCUT2D eigenvalue weighted by molar-refractivity contribution is 5.79. The first kappa shape index (κ1) is 16.1. The highest BCUT2D eigenvalue weighted by Crippen LogP contribution is 2.15. The van der Waals surface area contributed by atoms with E-state index in [-0.39, 0.29) is 18.2 Å². The van der Waals surface area contributed by atoms with Gasteiger partial charge in [0.05, 0.1) is 0 Å². The molecule has 20 heavy (non-hydrogen) atoms. The number of aliphatic carboxylic acids is 1. The van der Waals surface area contributed by atoms with Gasteiger partial charge in [0, 0.05) is 13.0 Å². The molecule has 1 heterocycles. The Labute approximate surface area is 118 Å². The van der Waals surface area contributed by atoms with E-state index in [4.69, 9.17) is 5.11 Å². The second kappa shape index (κ2) is 7.62. The van der Waals surface area contributed by atoms with Crippen LogP contribution in [0.4, 0.5) is 0 Å². The Hall–Kier alpha value is -1.92. The Morgan fingerprint density at radius 3 is 2.55 bits per heavy atom. The number of rotatable bonds is 8. The minimum absolute atomic E-state index is 0.0561. The molecule has 0 saturated heterocycles. The number of aromatic nitrogens is 3. The summed E-state index contributed by atoms with van der Waals surface area (Å²) in [5, 5.41) is 15.6. The number of carboxylic acid groups (broad SMARTS) is 1. The first-order chi connectivity index (χ1) is 9.40. The Kier molecular flexibility index (Phi) is 6.14. The standard InChI is InChI=1S/C13H22N4O3/c1-9(2)4-11(5-12(18)19)6-15-13(20)10(3)17-8-14-7-16-17/h7-11H,4-6H2,1-3H3,(H,15,20)(H,18,19)/t10?,11-/m0/s1. The topological polar surface area (TPSA) is 97.1 Å². The van der Waals surface area contributed by atoms with Crippen molar-refractivity contribution in [3.63, 3.8) is 0 Å². The Morgan fingerprint density at radius 2 is 2.05 bits per heavy atom. The third-order valence-corrected chi connectivity index (χ3v) is 3.05. The van der Waals surface area contributed by atoms with Crippen LogP contribution in [0.25, 0.3) is 0 Å². The van der Waals surface area contributed by atoms with Crippen LogP contribution in [0.5, 0.6) is 0 Å². The largest absolute Gasteiger partial charge is 0.481 e. The molecule has 0 aliphatic rings. The maximum Gasteiger partial charge on any atom is 0.303 e. The van der Waals surface area contributed by atoms with Crippen LogP contribution in [0.1, 0.15) is 39.7 Å². The lowest BCUT2D eigenvalue weighted by atomic mass is 9.94. The van der Waals surface area contributed by atoms with Gasteiger partial charge in [-0.1, -0.05) is 13.8 Å². The molecule has 1 amide bonds. The molecular weight excluding hydrogens is 260 g/mol. The van der Waals surface area contributed by atoms with Crippen LogP contribution in [0.3, 0.4) is 0 Å². The van der Waals surface area contributed by atoms with E-state index in [0.717, 1.165) is 6.42 Å². The van der Waals surface area contributed by atoms with E-state index in [1.807, 2.05) is 13.8 Å². The molecule has 0 spiro atoms. The number of carboxylic acids is 1. The third-order valence-electron chi connectivity index (χ3n) is 3.05. The molecule has 0 aliphatic heterocycles.